The molecule has 0 fully saturated rings. The molecule has 3 aromatic carbocycles. The van der Waals surface area contributed by atoms with Gasteiger partial charge in [-0.15, -0.1) is 0 Å². The van der Waals surface area contributed by atoms with Crippen LogP contribution in [0.1, 0.15) is 18.1 Å². The molecule has 2 N–H and O–H groups in total. The molecule has 0 atom stereocenters. The fourth-order valence-corrected chi connectivity index (χ4v) is 3.29. The van der Waals surface area contributed by atoms with E-state index in [1.165, 1.54) is 0 Å². The van der Waals surface area contributed by atoms with Crippen molar-refractivity contribution in [3.8, 4) is 28.6 Å². The fourth-order valence-electron chi connectivity index (χ4n) is 3.29. The van der Waals surface area contributed by atoms with Gasteiger partial charge in [0.15, 0.2) is 0 Å². The molecule has 1 aromatic heterocycles. The zero-order valence-electron chi connectivity index (χ0n) is 18.0. The van der Waals surface area contributed by atoms with Gasteiger partial charge >= 0.3 is 0 Å². The normalized spacial score (nSPS) is 10.5. The van der Waals surface area contributed by atoms with E-state index in [-0.39, 0.29) is 0 Å². The highest BCUT2D eigenvalue weighted by molar-refractivity contribution is 5.74. The Morgan fingerprint density at radius 2 is 1.38 bits per heavy atom. The Balaban J connectivity index is 1.61. The molecule has 0 unspecified atom stereocenters. The molecule has 0 radical (unpaired) electrons. The van der Waals surface area contributed by atoms with Crippen molar-refractivity contribution in [2.75, 3.05) is 12.3 Å². The van der Waals surface area contributed by atoms with Crippen molar-refractivity contribution in [2.45, 2.75) is 20.1 Å². The first-order valence-electron chi connectivity index (χ1n) is 10.6. The van der Waals surface area contributed by atoms with Gasteiger partial charge in [0, 0.05) is 11.6 Å². The lowest BCUT2D eigenvalue weighted by molar-refractivity contribution is 0.268. The van der Waals surface area contributed by atoms with E-state index in [4.69, 9.17) is 19.9 Å². The summed E-state index contributed by atoms with van der Waals surface area (Å²) in [5.74, 6) is 1.65. The molecule has 32 heavy (non-hydrogen) atoms. The average Bonchev–Trinajstić information content (AvgIpc) is 2.84. The molecule has 0 saturated carbocycles. The first-order chi connectivity index (χ1) is 15.7. The largest absolute Gasteiger partial charge is 0.492 e. The minimum absolute atomic E-state index is 0.398. The Bertz CT molecular complexity index is 1150. The molecule has 162 valence electrons. The van der Waals surface area contributed by atoms with E-state index in [0.29, 0.717) is 43.0 Å². The number of aromatic nitrogens is 1. The van der Waals surface area contributed by atoms with Crippen LogP contribution in [0.2, 0.25) is 0 Å². The lowest BCUT2D eigenvalue weighted by atomic mass is 10.1. The van der Waals surface area contributed by atoms with Crippen molar-refractivity contribution in [3.05, 3.63) is 102 Å². The summed E-state index contributed by atoms with van der Waals surface area (Å²) in [6.45, 7) is 3.32. The van der Waals surface area contributed by atoms with E-state index < -0.39 is 0 Å². The summed E-state index contributed by atoms with van der Waals surface area (Å²) in [7, 11) is 0. The molecule has 0 saturated heterocycles. The molecule has 1 heterocycles. The Labute approximate surface area is 188 Å². The number of rotatable bonds is 9. The molecule has 5 nitrogen and oxygen atoms in total. The van der Waals surface area contributed by atoms with Crippen LogP contribution in [0, 0.1) is 0 Å². The second kappa shape index (κ2) is 10.4. The summed E-state index contributed by atoms with van der Waals surface area (Å²) >= 11 is 0. The Kier molecular flexibility index (Phi) is 6.88. The van der Waals surface area contributed by atoms with Gasteiger partial charge in [0.05, 0.1) is 12.3 Å². The maximum absolute atomic E-state index is 6.19. The number of ether oxygens (including phenoxy) is 3. The smallest absolute Gasteiger partial charge is 0.225 e. The Hall–Kier alpha value is -3.99. The van der Waals surface area contributed by atoms with Gasteiger partial charge in [0.25, 0.3) is 0 Å². The highest BCUT2D eigenvalue weighted by atomic mass is 16.5. The standard InChI is InChI=1S/C27H26N2O3/c1-2-30-25-15-13-22(17-24(25)28)23-14-16-26(31-18-20-9-5-3-6-10-20)29-27(23)32-19-21-11-7-4-8-12-21/h3-17H,2,18-19,28H2,1H3. The first kappa shape index (κ1) is 21.2. The van der Waals surface area contributed by atoms with E-state index >= 15 is 0 Å². The topological polar surface area (TPSA) is 66.6 Å². The van der Waals surface area contributed by atoms with E-state index in [1.54, 1.807) is 0 Å². The van der Waals surface area contributed by atoms with Gasteiger partial charge in [-0.1, -0.05) is 66.7 Å². The SMILES string of the molecule is CCOc1ccc(-c2ccc(OCc3ccccc3)nc2OCc2ccccc2)cc1N. The molecule has 4 rings (SSSR count). The number of hydrogen-bond donors (Lipinski definition) is 1. The number of nitrogen functional groups attached to an aromatic ring is 1. The van der Waals surface area contributed by atoms with Crippen LogP contribution in [0.4, 0.5) is 5.69 Å². The molecule has 4 aromatic rings. The highest BCUT2D eigenvalue weighted by Gasteiger charge is 2.13. The van der Waals surface area contributed by atoms with Crippen molar-refractivity contribution < 1.29 is 14.2 Å². The third kappa shape index (κ3) is 5.38. The number of benzene rings is 3. The summed E-state index contributed by atoms with van der Waals surface area (Å²) in [6, 6.07) is 29.5. The van der Waals surface area contributed by atoms with Crippen LogP contribution in [-0.4, -0.2) is 11.6 Å². The minimum atomic E-state index is 0.398. The number of nitrogens with zero attached hydrogens (tertiary/aromatic N) is 1. The second-order valence-electron chi connectivity index (χ2n) is 7.24. The van der Waals surface area contributed by atoms with E-state index in [9.17, 15) is 0 Å². The Morgan fingerprint density at radius 3 is 2.00 bits per heavy atom. The van der Waals surface area contributed by atoms with Gasteiger partial charge in [-0.05, 0) is 41.8 Å². The number of anilines is 1. The highest BCUT2D eigenvalue weighted by Crippen LogP contribution is 2.35. The lowest BCUT2D eigenvalue weighted by Crippen LogP contribution is -2.03. The van der Waals surface area contributed by atoms with Gasteiger partial charge in [0.2, 0.25) is 11.8 Å². The molecule has 0 aliphatic heterocycles. The van der Waals surface area contributed by atoms with Crippen LogP contribution in [-0.2, 0) is 13.2 Å². The molecule has 0 aliphatic carbocycles. The van der Waals surface area contributed by atoms with Gasteiger partial charge in [0.1, 0.15) is 19.0 Å². The molecule has 0 amide bonds. The van der Waals surface area contributed by atoms with Gasteiger partial charge in [-0.3, -0.25) is 0 Å². The third-order valence-electron chi connectivity index (χ3n) is 4.90. The van der Waals surface area contributed by atoms with Crippen LogP contribution in [0.5, 0.6) is 17.5 Å². The van der Waals surface area contributed by atoms with Crippen molar-refractivity contribution >= 4 is 5.69 Å². The van der Waals surface area contributed by atoms with Crippen LogP contribution >= 0.6 is 0 Å². The van der Waals surface area contributed by atoms with Crippen LogP contribution < -0.4 is 19.9 Å². The summed E-state index contributed by atoms with van der Waals surface area (Å²) in [5.41, 5.74) is 10.6. The van der Waals surface area contributed by atoms with E-state index in [2.05, 4.69) is 4.98 Å². The molecule has 0 bridgehead atoms. The molecule has 0 aliphatic rings. The predicted molar refractivity (Wildman–Crippen MR) is 127 cm³/mol. The Morgan fingerprint density at radius 1 is 0.719 bits per heavy atom. The van der Waals surface area contributed by atoms with Crippen molar-refractivity contribution in [2.24, 2.45) is 0 Å². The summed E-state index contributed by atoms with van der Waals surface area (Å²) < 4.78 is 17.6. The number of pyridine rings is 1. The molecular weight excluding hydrogens is 400 g/mol. The van der Waals surface area contributed by atoms with Gasteiger partial charge in [-0.25, -0.2) is 0 Å². The zero-order valence-corrected chi connectivity index (χ0v) is 18.0. The van der Waals surface area contributed by atoms with Crippen LogP contribution in [0.25, 0.3) is 11.1 Å². The van der Waals surface area contributed by atoms with Gasteiger partial charge < -0.3 is 19.9 Å². The van der Waals surface area contributed by atoms with E-state index in [0.717, 1.165) is 22.3 Å². The minimum Gasteiger partial charge on any atom is -0.492 e. The van der Waals surface area contributed by atoms with Crippen LogP contribution in [0.15, 0.2) is 91.0 Å². The van der Waals surface area contributed by atoms with Crippen molar-refractivity contribution in [3.63, 3.8) is 0 Å². The molecule has 5 heteroatoms. The molecule has 0 spiro atoms. The number of hydrogen-bond acceptors (Lipinski definition) is 5. The van der Waals surface area contributed by atoms with Gasteiger partial charge in [-0.2, -0.15) is 4.98 Å². The quantitative estimate of drug-likeness (QED) is 0.338. The first-order valence-corrected chi connectivity index (χ1v) is 10.6. The lowest BCUT2D eigenvalue weighted by Gasteiger charge is -2.14. The van der Waals surface area contributed by atoms with E-state index in [1.807, 2.05) is 97.9 Å². The predicted octanol–water partition coefficient (Wildman–Crippen LogP) is 5.89. The zero-order chi connectivity index (χ0) is 22.2. The summed E-state index contributed by atoms with van der Waals surface area (Å²) in [4.78, 5) is 4.65. The molecular formula is C27H26N2O3. The third-order valence-corrected chi connectivity index (χ3v) is 4.90. The van der Waals surface area contributed by atoms with Crippen molar-refractivity contribution in [1.29, 1.82) is 0 Å². The summed E-state index contributed by atoms with van der Waals surface area (Å²) in [6.07, 6.45) is 0. The second-order valence-corrected chi connectivity index (χ2v) is 7.24. The van der Waals surface area contributed by atoms with Crippen molar-refractivity contribution in [1.82, 2.24) is 4.98 Å². The van der Waals surface area contributed by atoms with Crippen LogP contribution in [0.3, 0.4) is 0 Å². The maximum atomic E-state index is 6.19. The average molecular weight is 427 g/mol. The fraction of sp³-hybridized carbons (Fsp3) is 0.148. The number of nitrogens with two attached hydrogens (primary N) is 1. The maximum Gasteiger partial charge on any atom is 0.225 e. The monoisotopic (exact) mass is 426 g/mol. The summed E-state index contributed by atoms with van der Waals surface area (Å²) in [5, 5.41) is 0.